The first-order chi connectivity index (χ1) is 5.54. The van der Waals surface area contributed by atoms with Crippen LogP contribution in [0.2, 0.25) is 0 Å². The van der Waals surface area contributed by atoms with E-state index < -0.39 is 5.60 Å². The number of rotatable bonds is 3. The van der Waals surface area contributed by atoms with Gasteiger partial charge in [-0.3, -0.25) is 0 Å². The molecule has 3 N–H and O–H groups in total. The summed E-state index contributed by atoms with van der Waals surface area (Å²) in [6.45, 7) is 4.63. The Labute approximate surface area is 75.2 Å². The SMILES string of the molecule is CC(C)(O)C1CCC(CCN)C1. The van der Waals surface area contributed by atoms with E-state index in [9.17, 15) is 5.11 Å². The van der Waals surface area contributed by atoms with E-state index in [1.165, 1.54) is 19.3 Å². The molecule has 0 aromatic carbocycles. The Morgan fingerprint density at radius 2 is 2.08 bits per heavy atom. The summed E-state index contributed by atoms with van der Waals surface area (Å²) >= 11 is 0. The minimum absolute atomic E-state index is 0.483. The molecule has 1 aliphatic rings. The first-order valence-corrected chi connectivity index (χ1v) is 4.96. The van der Waals surface area contributed by atoms with Crippen molar-refractivity contribution in [2.24, 2.45) is 17.6 Å². The topological polar surface area (TPSA) is 46.2 Å². The highest BCUT2D eigenvalue weighted by Gasteiger charge is 2.33. The molecule has 72 valence electrons. The van der Waals surface area contributed by atoms with Crippen molar-refractivity contribution < 1.29 is 5.11 Å². The maximum Gasteiger partial charge on any atom is 0.0619 e. The average molecular weight is 171 g/mol. The summed E-state index contributed by atoms with van der Waals surface area (Å²) in [6.07, 6.45) is 4.73. The van der Waals surface area contributed by atoms with Crippen molar-refractivity contribution in [2.75, 3.05) is 6.54 Å². The molecule has 0 heterocycles. The minimum Gasteiger partial charge on any atom is -0.390 e. The fourth-order valence-electron chi connectivity index (χ4n) is 2.21. The fraction of sp³-hybridized carbons (Fsp3) is 1.00. The third-order valence-corrected chi connectivity index (χ3v) is 3.12. The molecular weight excluding hydrogens is 150 g/mol. The van der Waals surface area contributed by atoms with Crippen LogP contribution >= 0.6 is 0 Å². The first kappa shape index (κ1) is 10.0. The normalized spacial score (nSPS) is 31.0. The standard InChI is InChI=1S/C10H21NO/c1-10(2,12)9-4-3-8(7-9)5-6-11/h8-9,12H,3-7,11H2,1-2H3. The van der Waals surface area contributed by atoms with Crippen LogP contribution in [0.15, 0.2) is 0 Å². The van der Waals surface area contributed by atoms with E-state index in [1.54, 1.807) is 0 Å². The molecule has 0 aromatic rings. The van der Waals surface area contributed by atoms with Gasteiger partial charge >= 0.3 is 0 Å². The molecule has 2 unspecified atom stereocenters. The molecule has 2 nitrogen and oxygen atoms in total. The molecule has 0 amide bonds. The molecule has 1 aliphatic carbocycles. The number of hydrogen-bond acceptors (Lipinski definition) is 2. The lowest BCUT2D eigenvalue weighted by atomic mass is 9.88. The molecule has 1 rings (SSSR count). The van der Waals surface area contributed by atoms with Crippen molar-refractivity contribution in [1.82, 2.24) is 0 Å². The first-order valence-electron chi connectivity index (χ1n) is 4.96. The monoisotopic (exact) mass is 171 g/mol. The molecule has 2 heteroatoms. The average Bonchev–Trinajstić information content (AvgIpc) is 2.35. The van der Waals surface area contributed by atoms with Gasteiger partial charge in [0, 0.05) is 0 Å². The second-order valence-electron chi connectivity index (χ2n) is 4.61. The van der Waals surface area contributed by atoms with E-state index in [0.29, 0.717) is 5.92 Å². The van der Waals surface area contributed by atoms with Gasteiger partial charge in [0.1, 0.15) is 0 Å². The Bertz CT molecular complexity index is 139. The van der Waals surface area contributed by atoms with Gasteiger partial charge in [-0.2, -0.15) is 0 Å². The number of aliphatic hydroxyl groups is 1. The number of hydrogen-bond donors (Lipinski definition) is 2. The Morgan fingerprint density at radius 1 is 1.42 bits per heavy atom. The summed E-state index contributed by atoms with van der Waals surface area (Å²) in [5.41, 5.74) is 5.02. The maximum absolute atomic E-state index is 9.77. The van der Waals surface area contributed by atoms with E-state index in [-0.39, 0.29) is 0 Å². The molecule has 1 saturated carbocycles. The van der Waals surface area contributed by atoms with Gasteiger partial charge in [-0.15, -0.1) is 0 Å². The van der Waals surface area contributed by atoms with Crippen LogP contribution in [0.5, 0.6) is 0 Å². The third kappa shape index (κ3) is 2.46. The van der Waals surface area contributed by atoms with Crippen LogP contribution in [0.1, 0.15) is 39.5 Å². The quantitative estimate of drug-likeness (QED) is 0.676. The maximum atomic E-state index is 9.77. The lowest BCUT2D eigenvalue weighted by Crippen LogP contribution is -2.28. The molecule has 1 fully saturated rings. The Kier molecular flexibility index (Phi) is 3.13. The molecule has 0 aromatic heterocycles. The zero-order valence-corrected chi connectivity index (χ0v) is 8.21. The Hall–Kier alpha value is -0.0800. The van der Waals surface area contributed by atoms with Crippen molar-refractivity contribution in [1.29, 1.82) is 0 Å². The molecule has 0 radical (unpaired) electrons. The summed E-state index contributed by atoms with van der Waals surface area (Å²) in [4.78, 5) is 0. The van der Waals surface area contributed by atoms with E-state index in [1.807, 2.05) is 13.8 Å². The van der Waals surface area contributed by atoms with Crippen LogP contribution in [-0.4, -0.2) is 17.3 Å². The highest BCUT2D eigenvalue weighted by molar-refractivity contribution is 4.85. The summed E-state index contributed by atoms with van der Waals surface area (Å²) in [7, 11) is 0. The van der Waals surface area contributed by atoms with Crippen molar-refractivity contribution in [3.63, 3.8) is 0 Å². The van der Waals surface area contributed by atoms with E-state index in [0.717, 1.165) is 18.9 Å². The van der Waals surface area contributed by atoms with Gasteiger partial charge in [-0.25, -0.2) is 0 Å². The fourth-order valence-corrected chi connectivity index (χ4v) is 2.21. The van der Waals surface area contributed by atoms with Crippen molar-refractivity contribution in [3.8, 4) is 0 Å². The van der Waals surface area contributed by atoms with Gasteiger partial charge in [0.25, 0.3) is 0 Å². The van der Waals surface area contributed by atoms with Gasteiger partial charge in [0.2, 0.25) is 0 Å². The lowest BCUT2D eigenvalue weighted by Gasteiger charge is -2.25. The van der Waals surface area contributed by atoms with Gasteiger partial charge in [0.15, 0.2) is 0 Å². The van der Waals surface area contributed by atoms with Crippen molar-refractivity contribution in [3.05, 3.63) is 0 Å². The highest BCUT2D eigenvalue weighted by Crippen LogP contribution is 2.38. The predicted molar refractivity (Wildman–Crippen MR) is 50.8 cm³/mol. The zero-order valence-electron chi connectivity index (χ0n) is 8.21. The molecule has 0 saturated heterocycles. The van der Waals surface area contributed by atoms with Crippen LogP contribution in [0.25, 0.3) is 0 Å². The van der Waals surface area contributed by atoms with E-state index >= 15 is 0 Å². The van der Waals surface area contributed by atoms with E-state index in [2.05, 4.69) is 0 Å². The molecule has 12 heavy (non-hydrogen) atoms. The second-order valence-corrected chi connectivity index (χ2v) is 4.61. The van der Waals surface area contributed by atoms with Gasteiger partial charge < -0.3 is 10.8 Å². The molecule has 2 atom stereocenters. The van der Waals surface area contributed by atoms with Gasteiger partial charge in [-0.05, 0) is 51.5 Å². The summed E-state index contributed by atoms with van der Waals surface area (Å²) in [6, 6.07) is 0. The Balaban J connectivity index is 2.35. The van der Waals surface area contributed by atoms with Crippen LogP contribution < -0.4 is 5.73 Å². The lowest BCUT2D eigenvalue weighted by molar-refractivity contribution is 0.0182. The van der Waals surface area contributed by atoms with Gasteiger partial charge in [0.05, 0.1) is 5.60 Å². The summed E-state index contributed by atoms with van der Waals surface area (Å²) < 4.78 is 0. The minimum atomic E-state index is -0.483. The number of nitrogens with two attached hydrogens (primary N) is 1. The van der Waals surface area contributed by atoms with Crippen LogP contribution in [0.3, 0.4) is 0 Å². The van der Waals surface area contributed by atoms with Crippen molar-refractivity contribution >= 4 is 0 Å². The van der Waals surface area contributed by atoms with Crippen molar-refractivity contribution in [2.45, 2.75) is 45.1 Å². The summed E-state index contributed by atoms with van der Waals surface area (Å²) in [5, 5.41) is 9.77. The molecular formula is C10H21NO. The third-order valence-electron chi connectivity index (χ3n) is 3.12. The highest BCUT2D eigenvalue weighted by atomic mass is 16.3. The van der Waals surface area contributed by atoms with Crippen LogP contribution in [0, 0.1) is 11.8 Å². The molecule has 0 bridgehead atoms. The Morgan fingerprint density at radius 3 is 2.50 bits per heavy atom. The van der Waals surface area contributed by atoms with Crippen LogP contribution in [-0.2, 0) is 0 Å². The zero-order chi connectivity index (χ0) is 9.19. The van der Waals surface area contributed by atoms with Gasteiger partial charge in [-0.1, -0.05) is 6.42 Å². The largest absolute Gasteiger partial charge is 0.390 e. The van der Waals surface area contributed by atoms with E-state index in [4.69, 9.17) is 5.73 Å². The summed E-state index contributed by atoms with van der Waals surface area (Å²) in [5.74, 6) is 1.26. The predicted octanol–water partition coefficient (Wildman–Crippen LogP) is 1.52. The smallest absolute Gasteiger partial charge is 0.0619 e. The molecule has 0 spiro atoms. The second kappa shape index (κ2) is 3.75. The molecule has 0 aliphatic heterocycles. The van der Waals surface area contributed by atoms with Crippen LogP contribution in [0.4, 0.5) is 0 Å².